The average Bonchev–Trinajstić information content (AvgIpc) is 3.17. The Morgan fingerprint density at radius 2 is 1.68 bits per heavy atom. The first kappa shape index (κ1) is 26.1. The highest BCUT2D eigenvalue weighted by Gasteiger charge is 2.34. The minimum Gasteiger partial charge on any atom is -0.511 e. The van der Waals surface area contributed by atoms with Crippen molar-refractivity contribution in [3.8, 4) is 11.1 Å². The van der Waals surface area contributed by atoms with Crippen molar-refractivity contribution in [2.75, 3.05) is 20.3 Å². The largest absolute Gasteiger partial charge is 0.511 e. The van der Waals surface area contributed by atoms with Crippen molar-refractivity contribution in [3.63, 3.8) is 0 Å². The summed E-state index contributed by atoms with van der Waals surface area (Å²) in [4.78, 5) is 41.9. The lowest BCUT2D eigenvalue weighted by Gasteiger charge is -2.29. The van der Waals surface area contributed by atoms with Crippen molar-refractivity contribution in [2.45, 2.75) is 45.6 Å². The number of hydrogen-bond donors (Lipinski definition) is 2. The fourth-order valence-corrected chi connectivity index (χ4v) is 5.11. The van der Waals surface area contributed by atoms with Crippen LogP contribution in [0, 0.1) is 5.41 Å². The zero-order chi connectivity index (χ0) is 26.7. The highest BCUT2D eigenvalue weighted by molar-refractivity contribution is 6.22. The molecule has 0 aromatic heterocycles. The molecule has 0 aliphatic heterocycles. The fourth-order valence-electron chi connectivity index (χ4n) is 5.11. The zero-order valence-corrected chi connectivity index (χ0v) is 21.5. The molecule has 2 N–H and O–H groups in total. The van der Waals surface area contributed by atoms with E-state index in [2.05, 4.69) is 10.3 Å². The van der Waals surface area contributed by atoms with E-state index in [0.717, 1.165) is 22.3 Å². The number of rotatable bonds is 7. The third-order valence-electron chi connectivity index (χ3n) is 6.85. The van der Waals surface area contributed by atoms with E-state index < -0.39 is 18.1 Å². The topological polar surface area (TPSA) is 114 Å². The number of amides is 1. The molecule has 2 aromatic rings. The lowest BCUT2D eigenvalue weighted by atomic mass is 9.76. The number of hydrogen-bond acceptors (Lipinski definition) is 7. The van der Waals surface area contributed by atoms with E-state index in [1.807, 2.05) is 62.4 Å². The number of allylic oxidation sites excluding steroid dienone is 2. The van der Waals surface area contributed by atoms with Gasteiger partial charge >= 0.3 is 12.1 Å². The van der Waals surface area contributed by atoms with Gasteiger partial charge in [-0.05, 0) is 34.6 Å². The number of fused-ring (bicyclic) bond motifs is 3. The van der Waals surface area contributed by atoms with E-state index in [1.54, 1.807) is 6.92 Å². The molecule has 2 aromatic carbocycles. The van der Waals surface area contributed by atoms with E-state index in [1.165, 1.54) is 7.11 Å². The number of Topliss-reactive ketones (excluding diaryl/α,β-unsaturated/α-hetero) is 1. The first-order chi connectivity index (χ1) is 17.6. The number of carbonyl (C=O) groups excluding carboxylic acids is 3. The number of benzene rings is 2. The molecule has 0 bridgehead atoms. The Labute approximate surface area is 216 Å². The number of ether oxygens (including phenoxy) is 2. The molecule has 1 atom stereocenters. The third-order valence-corrected chi connectivity index (χ3v) is 6.85. The lowest BCUT2D eigenvalue weighted by molar-refractivity contribution is -0.142. The molecule has 0 radical (unpaired) electrons. The quantitative estimate of drug-likeness (QED) is 0.416. The zero-order valence-electron chi connectivity index (χ0n) is 21.5. The van der Waals surface area contributed by atoms with Crippen molar-refractivity contribution in [1.82, 2.24) is 5.32 Å². The molecule has 0 unspecified atom stereocenters. The Balaban J connectivity index is 1.43. The molecule has 2 aliphatic carbocycles. The number of nitrogens with zero attached hydrogens (tertiary/aromatic N) is 1. The normalized spacial score (nSPS) is 17.6. The fraction of sp³-hybridized carbons (Fsp3) is 0.379. The second kappa shape index (κ2) is 10.6. The molecule has 2 aliphatic rings. The molecule has 0 saturated heterocycles. The number of ketones is 1. The molecule has 194 valence electrons. The summed E-state index contributed by atoms with van der Waals surface area (Å²) >= 11 is 0. The van der Waals surface area contributed by atoms with Crippen LogP contribution in [-0.4, -0.2) is 55.0 Å². The molecule has 8 heteroatoms. The number of alkyl carbamates (subject to hydrolysis) is 1. The third kappa shape index (κ3) is 5.58. The average molecular weight is 505 g/mol. The summed E-state index contributed by atoms with van der Waals surface area (Å²) in [6, 6.07) is 14.9. The number of methoxy groups -OCH3 is 1. The Hall–Kier alpha value is -3.94. The number of aliphatic hydroxyl groups excluding tert-OH is 1. The van der Waals surface area contributed by atoms with Gasteiger partial charge in [-0.15, -0.1) is 0 Å². The predicted octanol–water partition coefficient (Wildman–Crippen LogP) is 4.73. The minimum atomic E-state index is -1.12. The summed E-state index contributed by atoms with van der Waals surface area (Å²) < 4.78 is 10.4. The molecule has 0 spiro atoms. The van der Waals surface area contributed by atoms with Crippen molar-refractivity contribution < 1.29 is 29.0 Å². The highest BCUT2D eigenvalue weighted by atomic mass is 16.6. The predicted molar refractivity (Wildman–Crippen MR) is 140 cm³/mol. The molecule has 37 heavy (non-hydrogen) atoms. The van der Waals surface area contributed by atoms with E-state index in [0.29, 0.717) is 12.1 Å². The van der Waals surface area contributed by atoms with Crippen LogP contribution in [0.15, 0.2) is 64.9 Å². The molecular formula is C29H32N2O6. The van der Waals surface area contributed by atoms with Gasteiger partial charge in [-0.2, -0.15) is 0 Å². The van der Waals surface area contributed by atoms with E-state index in [-0.39, 0.29) is 48.0 Å². The molecular weight excluding hydrogens is 472 g/mol. The molecule has 4 rings (SSSR count). The molecule has 0 heterocycles. The van der Waals surface area contributed by atoms with Crippen LogP contribution in [-0.2, 0) is 19.1 Å². The van der Waals surface area contributed by atoms with Gasteiger partial charge in [0.2, 0.25) is 0 Å². The Bertz CT molecular complexity index is 1250. The maximum absolute atomic E-state index is 12.7. The van der Waals surface area contributed by atoms with Gasteiger partial charge in [0.1, 0.15) is 18.4 Å². The van der Waals surface area contributed by atoms with Crippen molar-refractivity contribution >= 4 is 23.6 Å². The standard InChI is InChI=1S/C29H32N2O6/c1-17(26-24(32)13-29(2,3)14-25(26)33)30-15-23(27(34)36-4)31-28(35)37-16-22-20-11-7-5-9-18(20)19-10-6-8-12-21(19)22/h5-12,22-23,32H,13-16H2,1-4H3,(H,31,35)/t23-/m0/s1. The van der Waals surface area contributed by atoms with Gasteiger partial charge in [0, 0.05) is 24.5 Å². The maximum atomic E-state index is 12.7. The summed E-state index contributed by atoms with van der Waals surface area (Å²) in [5.41, 5.74) is 4.53. The van der Waals surface area contributed by atoms with Gasteiger partial charge in [-0.3, -0.25) is 9.79 Å². The van der Waals surface area contributed by atoms with Crippen LogP contribution < -0.4 is 5.32 Å². The summed E-state index contributed by atoms with van der Waals surface area (Å²) in [6.45, 7) is 5.35. The number of aliphatic hydroxyl groups is 1. The summed E-state index contributed by atoms with van der Waals surface area (Å²) in [5.74, 6) is -1.03. The van der Waals surface area contributed by atoms with Crippen LogP contribution in [0.3, 0.4) is 0 Å². The monoisotopic (exact) mass is 504 g/mol. The van der Waals surface area contributed by atoms with E-state index >= 15 is 0 Å². The van der Waals surface area contributed by atoms with Gasteiger partial charge in [0.25, 0.3) is 0 Å². The van der Waals surface area contributed by atoms with Crippen LogP contribution in [0.1, 0.15) is 50.7 Å². The Kier molecular flexibility index (Phi) is 7.47. The van der Waals surface area contributed by atoms with Crippen molar-refractivity contribution in [3.05, 3.63) is 71.0 Å². The summed E-state index contributed by atoms with van der Waals surface area (Å²) in [6.07, 6.45) is -0.125. The van der Waals surface area contributed by atoms with Gasteiger partial charge < -0.3 is 19.9 Å². The van der Waals surface area contributed by atoms with Gasteiger partial charge in [-0.1, -0.05) is 62.4 Å². The maximum Gasteiger partial charge on any atom is 0.407 e. The Morgan fingerprint density at radius 1 is 1.08 bits per heavy atom. The second-order valence-electron chi connectivity index (χ2n) is 10.2. The van der Waals surface area contributed by atoms with Crippen LogP contribution in [0.2, 0.25) is 0 Å². The Morgan fingerprint density at radius 3 is 2.24 bits per heavy atom. The molecule has 1 amide bonds. The first-order valence-electron chi connectivity index (χ1n) is 12.3. The van der Waals surface area contributed by atoms with Crippen molar-refractivity contribution in [1.29, 1.82) is 0 Å². The SMILES string of the molecule is COC(=O)[C@H](CN=C(C)C1=C(O)CC(C)(C)CC1=O)NC(=O)OCC1c2ccccc2-c2ccccc21. The summed E-state index contributed by atoms with van der Waals surface area (Å²) in [7, 11) is 1.21. The van der Waals surface area contributed by atoms with E-state index in [9.17, 15) is 19.5 Å². The molecule has 0 saturated carbocycles. The number of carbonyl (C=O) groups is 3. The van der Waals surface area contributed by atoms with Crippen LogP contribution in [0.4, 0.5) is 4.79 Å². The highest BCUT2D eigenvalue weighted by Crippen LogP contribution is 2.44. The van der Waals surface area contributed by atoms with Crippen LogP contribution >= 0.6 is 0 Å². The van der Waals surface area contributed by atoms with E-state index in [4.69, 9.17) is 9.47 Å². The lowest BCUT2D eigenvalue weighted by Crippen LogP contribution is -2.44. The van der Waals surface area contributed by atoms with Gasteiger partial charge in [-0.25, -0.2) is 9.59 Å². The first-order valence-corrected chi connectivity index (χ1v) is 12.3. The van der Waals surface area contributed by atoms with Gasteiger partial charge in [0.15, 0.2) is 5.78 Å². The van der Waals surface area contributed by atoms with Crippen LogP contribution in [0.25, 0.3) is 11.1 Å². The number of esters is 1. The molecule has 8 nitrogen and oxygen atoms in total. The number of aliphatic imine (C=N–C) groups is 1. The molecule has 0 fully saturated rings. The number of nitrogens with one attached hydrogen (secondary N) is 1. The minimum absolute atomic E-state index is 0.0124. The smallest absolute Gasteiger partial charge is 0.407 e. The van der Waals surface area contributed by atoms with Crippen LogP contribution in [0.5, 0.6) is 0 Å². The summed E-state index contributed by atoms with van der Waals surface area (Å²) in [5, 5.41) is 12.9. The second-order valence-corrected chi connectivity index (χ2v) is 10.2. The van der Waals surface area contributed by atoms with Crippen molar-refractivity contribution in [2.24, 2.45) is 10.4 Å². The van der Waals surface area contributed by atoms with Gasteiger partial charge in [0.05, 0.1) is 19.2 Å².